The van der Waals surface area contributed by atoms with Gasteiger partial charge < -0.3 is 15.7 Å². The van der Waals surface area contributed by atoms with Crippen molar-refractivity contribution >= 4 is 11.6 Å². The Morgan fingerprint density at radius 3 is 2.68 bits per heavy atom. The number of nitrogens with one attached hydrogen (secondary N) is 2. The molecule has 19 heavy (non-hydrogen) atoms. The molecule has 1 unspecified atom stereocenters. The number of rotatable bonds is 7. The maximum atomic E-state index is 13.3. The quantitative estimate of drug-likeness (QED) is 0.708. The van der Waals surface area contributed by atoms with Crippen molar-refractivity contribution in [3.05, 3.63) is 30.1 Å². The molecule has 0 saturated heterocycles. The highest BCUT2D eigenvalue weighted by molar-refractivity contribution is 5.92. The number of halogens is 1. The first-order chi connectivity index (χ1) is 9.00. The minimum atomic E-state index is -0.454. The fourth-order valence-electron chi connectivity index (χ4n) is 1.69. The van der Waals surface area contributed by atoms with Gasteiger partial charge in [-0.1, -0.05) is 19.1 Å². The summed E-state index contributed by atoms with van der Waals surface area (Å²) in [7, 11) is 0. The summed E-state index contributed by atoms with van der Waals surface area (Å²) < 4.78 is 13.3. The van der Waals surface area contributed by atoms with Gasteiger partial charge in [0.15, 0.2) is 0 Å². The van der Waals surface area contributed by atoms with E-state index in [2.05, 4.69) is 10.6 Å². The van der Waals surface area contributed by atoms with Crippen LogP contribution in [0.4, 0.5) is 10.1 Å². The van der Waals surface area contributed by atoms with Crippen molar-refractivity contribution in [1.82, 2.24) is 5.32 Å². The lowest BCUT2D eigenvalue weighted by Gasteiger charge is -2.28. The van der Waals surface area contributed by atoms with Gasteiger partial charge in [0.2, 0.25) is 5.91 Å². The Morgan fingerprint density at radius 1 is 1.42 bits per heavy atom. The van der Waals surface area contributed by atoms with Crippen LogP contribution in [0.2, 0.25) is 0 Å². The fraction of sp³-hybridized carbons (Fsp3) is 0.500. The van der Waals surface area contributed by atoms with Gasteiger partial charge in [0.1, 0.15) is 5.82 Å². The number of amides is 1. The van der Waals surface area contributed by atoms with Gasteiger partial charge in [-0.2, -0.15) is 0 Å². The molecule has 1 aromatic carbocycles. The second-order valence-electron chi connectivity index (χ2n) is 4.77. The third-order valence-electron chi connectivity index (χ3n) is 3.27. The summed E-state index contributed by atoms with van der Waals surface area (Å²) in [6, 6.07) is 6.04. The smallest absolute Gasteiger partial charge is 0.238 e. The van der Waals surface area contributed by atoms with Gasteiger partial charge in [0, 0.05) is 12.1 Å². The number of hydrogen-bond acceptors (Lipinski definition) is 3. The summed E-state index contributed by atoms with van der Waals surface area (Å²) in [4.78, 5) is 11.7. The van der Waals surface area contributed by atoms with Crippen LogP contribution in [0.25, 0.3) is 0 Å². The van der Waals surface area contributed by atoms with Crippen LogP contribution in [0.5, 0.6) is 0 Å². The lowest BCUT2D eigenvalue weighted by Crippen LogP contribution is -2.46. The molecule has 0 saturated carbocycles. The second kappa shape index (κ2) is 7.21. The molecule has 0 heterocycles. The molecule has 1 amide bonds. The molecule has 0 radical (unpaired) electrons. The Bertz CT molecular complexity index is 426. The minimum absolute atomic E-state index is 0.0618. The summed E-state index contributed by atoms with van der Waals surface area (Å²) in [5.74, 6) is -0.757. The maximum Gasteiger partial charge on any atom is 0.238 e. The van der Waals surface area contributed by atoms with Crippen LogP contribution >= 0.6 is 0 Å². The van der Waals surface area contributed by atoms with E-state index in [9.17, 15) is 9.18 Å². The molecule has 106 valence electrons. The van der Waals surface area contributed by atoms with Crippen molar-refractivity contribution in [1.29, 1.82) is 0 Å². The van der Waals surface area contributed by atoms with Gasteiger partial charge >= 0.3 is 0 Å². The highest BCUT2D eigenvalue weighted by atomic mass is 19.1. The van der Waals surface area contributed by atoms with Crippen LogP contribution in [0.1, 0.15) is 26.7 Å². The van der Waals surface area contributed by atoms with Gasteiger partial charge in [0.25, 0.3) is 0 Å². The van der Waals surface area contributed by atoms with E-state index in [0.29, 0.717) is 6.42 Å². The highest BCUT2D eigenvalue weighted by Crippen LogP contribution is 2.14. The Morgan fingerprint density at radius 2 is 2.11 bits per heavy atom. The number of anilines is 1. The van der Waals surface area contributed by atoms with Crippen molar-refractivity contribution in [3.8, 4) is 0 Å². The third-order valence-corrected chi connectivity index (χ3v) is 3.27. The Kier molecular flexibility index (Phi) is 5.92. The van der Waals surface area contributed by atoms with Crippen LogP contribution in [0.15, 0.2) is 24.3 Å². The molecule has 0 spiro atoms. The summed E-state index contributed by atoms with van der Waals surface area (Å²) in [6.45, 7) is 4.07. The van der Waals surface area contributed by atoms with Crippen LogP contribution in [0.3, 0.4) is 0 Å². The van der Waals surface area contributed by atoms with Gasteiger partial charge in [-0.05, 0) is 31.9 Å². The molecule has 1 aromatic rings. The molecule has 0 aliphatic rings. The molecule has 1 atom stereocenters. The van der Waals surface area contributed by atoms with Crippen molar-refractivity contribution in [3.63, 3.8) is 0 Å². The molecule has 0 bridgehead atoms. The van der Waals surface area contributed by atoms with Crippen LogP contribution in [-0.4, -0.2) is 29.7 Å². The summed E-state index contributed by atoms with van der Waals surface area (Å²) >= 11 is 0. The van der Waals surface area contributed by atoms with E-state index in [4.69, 9.17) is 5.11 Å². The van der Waals surface area contributed by atoms with Gasteiger partial charge in [0.05, 0.1) is 12.2 Å². The summed E-state index contributed by atoms with van der Waals surface area (Å²) in [6.07, 6.45) is 1.36. The van der Waals surface area contributed by atoms with E-state index >= 15 is 0 Å². The molecule has 1 rings (SSSR count). The first kappa shape index (κ1) is 15.6. The normalized spacial score (nSPS) is 13.9. The first-order valence-electron chi connectivity index (χ1n) is 6.41. The molecule has 3 N–H and O–H groups in total. The fourth-order valence-corrected chi connectivity index (χ4v) is 1.69. The highest BCUT2D eigenvalue weighted by Gasteiger charge is 2.21. The van der Waals surface area contributed by atoms with Gasteiger partial charge in [-0.25, -0.2) is 4.39 Å². The number of hydrogen-bond donors (Lipinski definition) is 3. The molecule has 0 aromatic heterocycles. The number of carbonyl (C=O) groups is 1. The molecule has 4 nitrogen and oxygen atoms in total. The average Bonchev–Trinajstić information content (AvgIpc) is 2.40. The Labute approximate surface area is 113 Å². The van der Waals surface area contributed by atoms with Crippen molar-refractivity contribution in [2.75, 3.05) is 18.5 Å². The number of para-hydroxylation sites is 1. The van der Waals surface area contributed by atoms with Crippen LogP contribution in [-0.2, 0) is 4.79 Å². The number of carbonyl (C=O) groups excluding carboxylic acids is 1. The maximum absolute atomic E-state index is 13.3. The van der Waals surface area contributed by atoms with Gasteiger partial charge in [-0.3, -0.25) is 4.79 Å². The number of aliphatic hydroxyl groups is 1. The molecule has 0 aliphatic heterocycles. The zero-order valence-electron chi connectivity index (χ0n) is 11.4. The first-order valence-corrected chi connectivity index (χ1v) is 6.41. The predicted octanol–water partition coefficient (Wildman–Crippen LogP) is 1.90. The topological polar surface area (TPSA) is 61.4 Å². The monoisotopic (exact) mass is 268 g/mol. The average molecular weight is 268 g/mol. The summed E-state index contributed by atoms with van der Waals surface area (Å²) in [5.41, 5.74) is -0.115. The SMILES string of the molecule is CCC(C)(CCO)NCC(=O)Nc1ccccc1F. The Hall–Kier alpha value is -1.46. The summed E-state index contributed by atoms with van der Waals surface area (Å²) in [5, 5.41) is 14.6. The van der Waals surface area contributed by atoms with E-state index in [0.717, 1.165) is 6.42 Å². The van der Waals surface area contributed by atoms with E-state index in [1.807, 2.05) is 13.8 Å². The lowest BCUT2D eigenvalue weighted by atomic mass is 9.95. The molecule has 5 heteroatoms. The third kappa shape index (κ3) is 4.96. The van der Waals surface area contributed by atoms with Crippen LogP contribution < -0.4 is 10.6 Å². The number of benzene rings is 1. The predicted molar refractivity (Wildman–Crippen MR) is 73.4 cm³/mol. The molecule has 0 aliphatic carbocycles. The van der Waals surface area contributed by atoms with Crippen molar-refractivity contribution < 1.29 is 14.3 Å². The largest absolute Gasteiger partial charge is 0.396 e. The van der Waals surface area contributed by atoms with Gasteiger partial charge in [-0.15, -0.1) is 0 Å². The standard InChI is InChI=1S/C14H21FN2O2/c1-3-14(2,8-9-18)16-10-13(19)17-12-7-5-4-6-11(12)15/h4-7,16,18H,3,8-10H2,1-2H3,(H,17,19). The van der Waals surface area contributed by atoms with E-state index in [1.54, 1.807) is 12.1 Å². The zero-order valence-corrected chi connectivity index (χ0v) is 11.4. The van der Waals surface area contributed by atoms with Crippen LogP contribution in [0, 0.1) is 5.82 Å². The molecular weight excluding hydrogens is 247 g/mol. The molecule has 0 fully saturated rings. The van der Waals surface area contributed by atoms with E-state index in [-0.39, 0.29) is 30.3 Å². The number of aliphatic hydroxyl groups excluding tert-OH is 1. The zero-order chi connectivity index (χ0) is 14.3. The van der Waals surface area contributed by atoms with E-state index in [1.165, 1.54) is 12.1 Å². The van der Waals surface area contributed by atoms with Crippen molar-refractivity contribution in [2.24, 2.45) is 0 Å². The Balaban J connectivity index is 2.50. The lowest BCUT2D eigenvalue weighted by molar-refractivity contribution is -0.115. The second-order valence-corrected chi connectivity index (χ2v) is 4.77. The molecular formula is C14H21FN2O2. The van der Waals surface area contributed by atoms with E-state index < -0.39 is 5.82 Å². The minimum Gasteiger partial charge on any atom is -0.396 e. The van der Waals surface area contributed by atoms with Crippen molar-refractivity contribution in [2.45, 2.75) is 32.2 Å².